The minimum Gasteiger partial charge on any atom is -0.507 e. The van der Waals surface area contributed by atoms with E-state index < -0.39 is 36.1 Å². The van der Waals surface area contributed by atoms with E-state index in [1.54, 1.807) is 24.3 Å². The number of aliphatic hydroxyl groups is 3. The molecule has 0 bridgehead atoms. The van der Waals surface area contributed by atoms with Gasteiger partial charge in [0.1, 0.15) is 53.1 Å². The number of aliphatic hydroxyl groups excluding tert-OH is 3. The quantitative estimate of drug-likeness (QED) is 0.238. The second kappa shape index (κ2) is 14.4. The molecule has 1 aromatic heterocycles. The molecule has 46 heavy (non-hydrogen) atoms. The molecule has 11 heteroatoms. The maximum Gasteiger partial charge on any atom is 0.239 e. The second-order valence-corrected chi connectivity index (χ2v) is 12.6. The molecule has 0 unspecified atom stereocenters. The first-order valence-corrected chi connectivity index (χ1v) is 15.8. The van der Waals surface area contributed by atoms with Gasteiger partial charge in [0.15, 0.2) is 5.76 Å². The first-order valence-electron chi connectivity index (χ1n) is 15.8. The predicted octanol–water partition coefficient (Wildman–Crippen LogP) is 4.00. The Hall–Kier alpha value is -3.61. The molecule has 5 atom stereocenters. The van der Waals surface area contributed by atoms with Crippen molar-refractivity contribution in [3.8, 4) is 34.3 Å². The van der Waals surface area contributed by atoms with E-state index >= 15 is 0 Å². The molecule has 2 saturated heterocycles. The fourth-order valence-electron chi connectivity index (χ4n) is 5.82. The average molecular weight is 640 g/mol. The lowest BCUT2D eigenvalue weighted by Gasteiger charge is -2.38. The summed E-state index contributed by atoms with van der Waals surface area (Å²) in [5.41, 5.74) is 1.51. The Balaban J connectivity index is 1.62. The maximum absolute atomic E-state index is 14.2. The maximum atomic E-state index is 14.2. The zero-order valence-corrected chi connectivity index (χ0v) is 27.1. The lowest BCUT2D eigenvalue weighted by atomic mass is 9.99. The number of ether oxygens (including phenoxy) is 4. The number of phenols is 1. The van der Waals surface area contributed by atoms with Crippen molar-refractivity contribution in [3.05, 3.63) is 57.8 Å². The molecule has 250 valence electrons. The van der Waals surface area contributed by atoms with Crippen LogP contribution in [0.1, 0.15) is 46.1 Å². The lowest BCUT2D eigenvalue weighted by molar-refractivity contribution is -0.268. The third-order valence-electron chi connectivity index (χ3n) is 8.82. The number of rotatable bonds is 10. The van der Waals surface area contributed by atoms with Gasteiger partial charge in [-0.05, 0) is 83.3 Å². The summed E-state index contributed by atoms with van der Waals surface area (Å²) < 4.78 is 29.6. The summed E-state index contributed by atoms with van der Waals surface area (Å²) in [7, 11) is 1.54. The van der Waals surface area contributed by atoms with Gasteiger partial charge >= 0.3 is 0 Å². The highest BCUT2D eigenvalue weighted by Crippen LogP contribution is 2.41. The number of hydrogen-bond acceptors (Lipinski definition) is 11. The Bertz CT molecular complexity index is 1590. The summed E-state index contributed by atoms with van der Waals surface area (Å²) in [4.78, 5) is 16.6. The van der Waals surface area contributed by atoms with Crippen molar-refractivity contribution in [3.63, 3.8) is 0 Å². The van der Waals surface area contributed by atoms with Gasteiger partial charge in [-0.3, -0.25) is 9.69 Å². The van der Waals surface area contributed by atoms with E-state index in [1.807, 2.05) is 19.9 Å². The van der Waals surface area contributed by atoms with Crippen LogP contribution in [0.2, 0.25) is 0 Å². The monoisotopic (exact) mass is 639 g/mol. The number of likely N-dealkylation sites (tertiary alicyclic amines) is 1. The fourth-order valence-corrected chi connectivity index (χ4v) is 5.82. The van der Waals surface area contributed by atoms with Crippen LogP contribution in [-0.4, -0.2) is 89.4 Å². The molecule has 0 aliphatic carbocycles. The molecule has 0 saturated carbocycles. The van der Waals surface area contributed by atoms with Crippen molar-refractivity contribution in [2.45, 2.75) is 77.7 Å². The molecule has 0 radical (unpaired) electrons. The standard InChI is InChI=1S/C35H45NO10/c1-19(2)6-11-24-26(43-17-16-36-14-12-20(3)13-15-36)18-25(37)27-29(39)34(46-35-31(41)30(40)28(38)21(4)44-35)32(45-33(24)27)22-7-9-23(42-5)10-8-22/h6-10,18,20-21,28,30-31,35,37-38,40-41H,11-17H2,1-5H3/t21-,28-,30+,31+,35-/m1/s1. The van der Waals surface area contributed by atoms with Crippen LogP contribution >= 0.6 is 0 Å². The molecular weight excluding hydrogens is 594 g/mol. The van der Waals surface area contributed by atoms with Gasteiger partial charge in [0, 0.05) is 23.7 Å². The van der Waals surface area contributed by atoms with Crippen LogP contribution in [-0.2, 0) is 11.2 Å². The number of fused-ring (bicyclic) bond motifs is 1. The molecule has 5 rings (SSSR count). The molecule has 2 aliphatic rings. The molecular formula is C35H45NO10. The molecule has 11 nitrogen and oxygen atoms in total. The second-order valence-electron chi connectivity index (χ2n) is 12.6. The summed E-state index contributed by atoms with van der Waals surface area (Å²) >= 11 is 0. The molecule has 2 aromatic carbocycles. The summed E-state index contributed by atoms with van der Waals surface area (Å²) in [5, 5.41) is 42.4. The van der Waals surface area contributed by atoms with Crippen LogP contribution < -0.4 is 19.6 Å². The molecule has 3 heterocycles. The first kappa shape index (κ1) is 33.7. The molecule has 2 aliphatic heterocycles. The van der Waals surface area contributed by atoms with Crippen molar-refractivity contribution in [1.29, 1.82) is 0 Å². The summed E-state index contributed by atoms with van der Waals surface area (Å²) in [6.45, 7) is 10.8. The average Bonchev–Trinajstić information content (AvgIpc) is 3.04. The van der Waals surface area contributed by atoms with Crippen LogP contribution in [0.25, 0.3) is 22.3 Å². The highest BCUT2D eigenvalue weighted by molar-refractivity contribution is 5.91. The van der Waals surface area contributed by atoms with Gasteiger partial charge in [-0.2, -0.15) is 0 Å². The van der Waals surface area contributed by atoms with E-state index in [4.69, 9.17) is 23.4 Å². The Labute approximate surface area is 268 Å². The summed E-state index contributed by atoms with van der Waals surface area (Å²) in [6.07, 6.45) is -2.39. The van der Waals surface area contributed by atoms with Crippen LogP contribution in [0.15, 0.2) is 51.2 Å². The van der Waals surface area contributed by atoms with Crippen molar-refractivity contribution >= 4 is 11.0 Å². The highest BCUT2D eigenvalue weighted by atomic mass is 16.7. The van der Waals surface area contributed by atoms with Crippen LogP contribution in [0.5, 0.6) is 23.0 Å². The van der Waals surface area contributed by atoms with Gasteiger partial charge in [0.2, 0.25) is 17.5 Å². The molecule has 0 spiro atoms. The SMILES string of the molecule is COc1ccc(-c2oc3c(CC=C(C)C)c(OCCN4CCC(C)CC4)cc(O)c3c(=O)c2O[C@H]2O[C@H](C)[C@@H](O)[C@H](O)[C@@H]2O)cc1. The molecule has 4 N–H and O–H groups in total. The number of allylic oxidation sites excluding steroid dienone is 2. The normalized spacial score (nSPS) is 24.1. The van der Waals surface area contributed by atoms with E-state index in [-0.39, 0.29) is 28.2 Å². The number of benzene rings is 2. The first-order chi connectivity index (χ1) is 22.0. The van der Waals surface area contributed by atoms with Gasteiger partial charge < -0.3 is 43.8 Å². The van der Waals surface area contributed by atoms with Gasteiger partial charge in [-0.1, -0.05) is 18.6 Å². The summed E-state index contributed by atoms with van der Waals surface area (Å²) in [6, 6.07) is 8.19. The van der Waals surface area contributed by atoms with Crippen LogP contribution in [0.4, 0.5) is 0 Å². The van der Waals surface area contributed by atoms with Gasteiger partial charge in [-0.15, -0.1) is 0 Å². The van der Waals surface area contributed by atoms with Crippen molar-refractivity contribution in [1.82, 2.24) is 4.90 Å². The fraction of sp³-hybridized carbons (Fsp3) is 0.514. The number of methoxy groups -OCH3 is 1. The van der Waals surface area contributed by atoms with Crippen molar-refractivity contribution in [2.75, 3.05) is 33.4 Å². The zero-order chi connectivity index (χ0) is 33.1. The Kier molecular flexibility index (Phi) is 10.6. The van der Waals surface area contributed by atoms with E-state index in [0.29, 0.717) is 35.7 Å². The number of nitrogens with zero attached hydrogens (tertiary/aromatic N) is 1. The highest BCUT2D eigenvalue weighted by Gasteiger charge is 2.44. The zero-order valence-electron chi connectivity index (χ0n) is 27.1. The summed E-state index contributed by atoms with van der Waals surface area (Å²) in [5.74, 6) is 1.02. The van der Waals surface area contributed by atoms with Crippen molar-refractivity contribution < 1.29 is 43.8 Å². The van der Waals surface area contributed by atoms with Gasteiger partial charge in [-0.25, -0.2) is 0 Å². The van der Waals surface area contributed by atoms with E-state index in [0.717, 1.165) is 44.0 Å². The molecule has 0 amide bonds. The lowest BCUT2D eigenvalue weighted by Crippen LogP contribution is -2.58. The Morgan fingerprint density at radius 2 is 1.74 bits per heavy atom. The number of hydrogen-bond donors (Lipinski definition) is 4. The van der Waals surface area contributed by atoms with Gasteiger partial charge in [0.05, 0.1) is 13.2 Å². The smallest absolute Gasteiger partial charge is 0.239 e. The van der Waals surface area contributed by atoms with Crippen molar-refractivity contribution in [2.24, 2.45) is 5.92 Å². The van der Waals surface area contributed by atoms with E-state index in [2.05, 4.69) is 11.8 Å². The number of phenolic OH excluding ortho intramolecular Hbond substituents is 1. The Morgan fingerprint density at radius 1 is 1.04 bits per heavy atom. The van der Waals surface area contributed by atoms with Crippen LogP contribution in [0.3, 0.4) is 0 Å². The predicted molar refractivity (Wildman–Crippen MR) is 173 cm³/mol. The minimum atomic E-state index is -1.68. The Morgan fingerprint density at radius 3 is 2.39 bits per heavy atom. The topological polar surface area (TPSA) is 151 Å². The number of piperidine rings is 1. The molecule has 2 fully saturated rings. The number of aromatic hydroxyl groups is 1. The minimum absolute atomic E-state index is 0.0154. The van der Waals surface area contributed by atoms with E-state index in [9.17, 15) is 25.2 Å². The third-order valence-corrected chi connectivity index (χ3v) is 8.82. The van der Waals surface area contributed by atoms with E-state index in [1.165, 1.54) is 20.1 Å². The van der Waals surface area contributed by atoms with Gasteiger partial charge in [0.25, 0.3) is 0 Å². The third kappa shape index (κ3) is 7.19. The largest absolute Gasteiger partial charge is 0.507 e. The van der Waals surface area contributed by atoms with Crippen LogP contribution in [0, 0.1) is 5.92 Å². The molecule has 3 aromatic rings.